The van der Waals surface area contributed by atoms with E-state index in [0.29, 0.717) is 0 Å². The molecule has 1 aromatic carbocycles. The summed E-state index contributed by atoms with van der Waals surface area (Å²) in [5.74, 6) is 0. The van der Waals surface area contributed by atoms with Crippen molar-refractivity contribution in [2.45, 2.75) is 6.92 Å². The first-order valence-corrected chi connectivity index (χ1v) is 3.98. The topological polar surface area (TPSA) is 20.2 Å². The SMILES string of the molecule is CCO.Clc1ccc(Cl)cc1. The number of aliphatic hydroxyl groups excluding tert-OH is 1. The van der Waals surface area contributed by atoms with Gasteiger partial charge in [0, 0.05) is 16.7 Å². The Morgan fingerprint density at radius 1 is 1.09 bits per heavy atom. The highest BCUT2D eigenvalue weighted by Gasteiger charge is 1.83. The standard InChI is InChI=1S/C6H4Cl2.C2H6O/c7-5-1-2-6(8)4-3-5;1-2-3/h1-4H;3H,2H2,1H3. The van der Waals surface area contributed by atoms with Crippen molar-refractivity contribution in [1.29, 1.82) is 0 Å². The number of benzene rings is 1. The van der Waals surface area contributed by atoms with Gasteiger partial charge < -0.3 is 5.11 Å². The smallest absolute Gasteiger partial charge is 0.0407 e. The van der Waals surface area contributed by atoms with Gasteiger partial charge in [0.25, 0.3) is 0 Å². The van der Waals surface area contributed by atoms with Crippen LogP contribution in [-0.4, -0.2) is 11.7 Å². The van der Waals surface area contributed by atoms with Crippen LogP contribution in [0.1, 0.15) is 6.92 Å². The summed E-state index contributed by atoms with van der Waals surface area (Å²) >= 11 is 11.1. The van der Waals surface area contributed by atoms with Crippen molar-refractivity contribution in [2.24, 2.45) is 0 Å². The molecule has 62 valence electrons. The lowest BCUT2D eigenvalue weighted by atomic mass is 10.4. The Morgan fingerprint density at radius 2 is 1.27 bits per heavy atom. The van der Waals surface area contributed by atoms with Crippen LogP contribution in [0.25, 0.3) is 0 Å². The van der Waals surface area contributed by atoms with Gasteiger partial charge in [0.2, 0.25) is 0 Å². The predicted molar refractivity (Wildman–Crippen MR) is 49.2 cm³/mol. The van der Waals surface area contributed by atoms with E-state index in [1.165, 1.54) is 0 Å². The Labute approximate surface area is 76.6 Å². The summed E-state index contributed by atoms with van der Waals surface area (Å²) < 4.78 is 0. The van der Waals surface area contributed by atoms with E-state index in [4.69, 9.17) is 28.3 Å². The highest BCUT2D eigenvalue weighted by molar-refractivity contribution is 6.32. The minimum absolute atomic E-state index is 0.250. The van der Waals surface area contributed by atoms with Gasteiger partial charge in [-0.25, -0.2) is 0 Å². The molecule has 3 heteroatoms. The zero-order valence-corrected chi connectivity index (χ0v) is 7.73. The van der Waals surface area contributed by atoms with Crippen molar-refractivity contribution in [2.75, 3.05) is 6.61 Å². The summed E-state index contributed by atoms with van der Waals surface area (Å²) in [6, 6.07) is 7.02. The first kappa shape index (κ1) is 10.8. The van der Waals surface area contributed by atoms with Crippen LogP contribution < -0.4 is 0 Å². The molecule has 0 bridgehead atoms. The van der Waals surface area contributed by atoms with Gasteiger partial charge in [0.1, 0.15) is 0 Å². The third-order valence-corrected chi connectivity index (χ3v) is 1.31. The van der Waals surface area contributed by atoms with E-state index >= 15 is 0 Å². The quantitative estimate of drug-likeness (QED) is 0.671. The summed E-state index contributed by atoms with van der Waals surface area (Å²) in [4.78, 5) is 0. The first-order valence-electron chi connectivity index (χ1n) is 3.22. The summed E-state index contributed by atoms with van der Waals surface area (Å²) in [5, 5.41) is 9.00. The molecule has 1 aromatic rings. The van der Waals surface area contributed by atoms with Gasteiger partial charge in [-0.3, -0.25) is 0 Å². The number of hydrogen-bond donors (Lipinski definition) is 1. The fourth-order valence-corrected chi connectivity index (χ4v) is 0.682. The third-order valence-electron chi connectivity index (χ3n) is 0.804. The summed E-state index contributed by atoms with van der Waals surface area (Å²) in [5.41, 5.74) is 0. The van der Waals surface area contributed by atoms with Crippen LogP contribution in [0.2, 0.25) is 10.0 Å². The van der Waals surface area contributed by atoms with E-state index < -0.39 is 0 Å². The molecule has 0 aliphatic heterocycles. The van der Waals surface area contributed by atoms with Gasteiger partial charge in [0.05, 0.1) is 0 Å². The molecular weight excluding hydrogens is 183 g/mol. The fraction of sp³-hybridized carbons (Fsp3) is 0.250. The van der Waals surface area contributed by atoms with Crippen LogP contribution in [-0.2, 0) is 0 Å². The lowest BCUT2D eigenvalue weighted by molar-refractivity contribution is 0.318. The average Bonchev–Trinajstić information content (AvgIpc) is 1.97. The van der Waals surface area contributed by atoms with E-state index in [0.717, 1.165) is 10.0 Å². The zero-order chi connectivity index (χ0) is 8.69. The summed E-state index contributed by atoms with van der Waals surface area (Å²) in [6.07, 6.45) is 0. The fourth-order valence-electron chi connectivity index (χ4n) is 0.430. The molecule has 0 heterocycles. The molecule has 11 heavy (non-hydrogen) atoms. The third kappa shape index (κ3) is 6.17. The molecule has 1 N–H and O–H groups in total. The van der Waals surface area contributed by atoms with Crippen molar-refractivity contribution in [3.05, 3.63) is 34.3 Å². The maximum absolute atomic E-state index is 7.57. The predicted octanol–water partition coefficient (Wildman–Crippen LogP) is 2.99. The normalized spacial score (nSPS) is 8.36. The molecule has 1 nitrogen and oxygen atoms in total. The van der Waals surface area contributed by atoms with Crippen molar-refractivity contribution < 1.29 is 5.11 Å². The Morgan fingerprint density at radius 3 is 1.45 bits per heavy atom. The van der Waals surface area contributed by atoms with Crippen LogP contribution in [0.5, 0.6) is 0 Å². The highest BCUT2D eigenvalue weighted by atomic mass is 35.5. The van der Waals surface area contributed by atoms with Gasteiger partial charge in [-0.1, -0.05) is 23.2 Å². The molecule has 1 rings (SSSR count). The average molecular weight is 193 g/mol. The lowest BCUT2D eigenvalue weighted by Crippen LogP contribution is -1.60. The maximum Gasteiger partial charge on any atom is 0.0407 e. The second-order valence-electron chi connectivity index (χ2n) is 1.75. The summed E-state index contributed by atoms with van der Waals surface area (Å²) in [7, 11) is 0. The molecule has 0 aliphatic carbocycles. The van der Waals surface area contributed by atoms with E-state index in [-0.39, 0.29) is 6.61 Å². The molecule has 0 radical (unpaired) electrons. The van der Waals surface area contributed by atoms with Gasteiger partial charge in [-0.05, 0) is 31.2 Å². The minimum atomic E-state index is 0.250. The Balaban J connectivity index is 0.000000292. The van der Waals surface area contributed by atoms with Crippen LogP contribution in [0, 0.1) is 0 Å². The lowest BCUT2D eigenvalue weighted by Gasteiger charge is -1.86. The molecule has 0 unspecified atom stereocenters. The maximum atomic E-state index is 7.57. The minimum Gasteiger partial charge on any atom is -0.397 e. The second-order valence-corrected chi connectivity index (χ2v) is 2.63. The number of rotatable bonds is 0. The van der Waals surface area contributed by atoms with E-state index in [9.17, 15) is 0 Å². The van der Waals surface area contributed by atoms with Crippen molar-refractivity contribution in [3.63, 3.8) is 0 Å². The molecule has 0 amide bonds. The Hall–Kier alpha value is -0.240. The molecule has 0 fully saturated rings. The molecule has 0 spiro atoms. The van der Waals surface area contributed by atoms with Crippen molar-refractivity contribution in [1.82, 2.24) is 0 Å². The Bertz CT molecular complexity index is 163. The van der Waals surface area contributed by atoms with Gasteiger partial charge in [0.15, 0.2) is 0 Å². The highest BCUT2D eigenvalue weighted by Crippen LogP contribution is 2.12. The van der Waals surface area contributed by atoms with Crippen LogP contribution in [0.3, 0.4) is 0 Å². The second kappa shape index (κ2) is 6.47. The van der Waals surface area contributed by atoms with E-state index in [2.05, 4.69) is 0 Å². The number of hydrogen-bond acceptors (Lipinski definition) is 1. The number of aliphatic hydroxyl groups is 1. The molecule has 0 saturated heterocycles. The zero-order valence-electron chi connectivity index (χ0n) is 6.22. The molecule has 0 aliphatic rings. The summed E-state index contributed by atoms with van der Waals surface area (Å²) in [6.45, 7) is 1.93. The van der Waals surface area contributed by atoms with Gasteiger partial charge >= 0.3 is 0 Å². The van der Waals surface area contributed by atoms with E-state index in [1.807, 2.05) is 0 Å². The van der Waals surface area contributed by atoms with Gasteiger partial charge in [-0.2, -0.15) is 0 Å². The molecular formula is C8H10Cl2O. The Kier molecular flexibility index (Phi) is 6.33. The largest absolute Gasteiger partial charge is 0.397 e. The van der Waals surface area contributed by atoms with Crippen LogP contribution >= 0.6 is 23.2 Å². The van der Waals surface area contributed by atoms with Crippen LogP contribution in [0.4, 0.5) is 0 Å². The first-order chi connectivity index (χ1) is 5.20. The van der Waals surface area contributed by atoms with E-state index in [1.54, 1.807) is 31.2 Å². The molecule has 0 atom stereocenters. The van der Waals surface area contributed by atoms with Crippen molar-refractivity contribution >= 4 is 23.2 Å². The van der Waals surface area contributed by atoms with Crippen molar-refractivity contribution in [3.8, 4) is 0 Å². The van der Waals surface area contributed by atoms with Gasteiger partial charge in [-0.15, -0.1) is 0 Å². The molecule has 0 saturated carbocycles. The van der Waals surface area contributed by atoms with Crippen LogP contribution in [0.15, 0.2) is 24.3 Å². The molecule has 0 aromatic heterocycles. The number of halogens is 2. The monoisotopic (exact) mass is 192 g/mol.